The Bertz CT molecular complexity index is 984. The first-order valence-corrected chi connectivity index (χ1v) is 9.29. The number of carbonyl (C=O) groups excluding carboxylic acids is 1. The average Bonchev–Trinajstić information content (AvgIpc) is 2.99. The van der Waals surface area contributed by atoms with Gasteiger partial charge >= 0.3 is 5.97 Å². The third kappa shape index (κ3) is 3.75. The van der Waals surface area contributed by atoms with Crippen LogP contribution >= 0.6 is 11.3 Å². The Hall–Kier alpha value is -2.36. The molecular weight excluding hydrogens is 350 g/mol. The predicted octanol–water partition coefficient (Wildman–Crippen LogP) is 1.74. The van der Waals surface area contributed by atoms with E-state index in [1.807, 2.05) is 12.1 Å². The van der Waals surface area contributed by atoms with Gasteiger partial charge in [-0.25, -0.2) is 23.3 Å². The molecule has 0 atom stereocenters. The molecule has 0 spiro atoms. The van der Waals surface area contributed by atoms with Crippen LogP contribution in [0.2, 0.25) is 0 Å². The summed E-state index contributed by atoms with van der Waals surface area (Å²) in [6.45, 7) is 0.216. The van der Waals surface area contributed by atoms with Crippen molar-refractivity contribution in [3.8, 4) is 0 Å². The van der Waals surface area contributed by atoms with Crippen molar-refractivity contribution in [3.63, 3.8) is 0 Å². The number of rotatable bonds is 5. The SMILES string of the molecule is NS(=O)(=O)c1nc2ccc(CCOC(=O)c3ccncc3)cc2s1. The van der Waals surface area contributed by atoms with Gasteiger partial charge in [-0.15, -0.1) is 11.3 Å². The highest BCUT2D eigenvalue weighted by Gasteiger charge is 2.14. The van der Waals surface area contributed by atoms with E-state index in [1.165, 1.54) is 12.4 Å². The first-order chi connectivity index (χ1) is 11.4. The smallest absolute Gasteiger partial charge is 0.338 e. The summed E-state index contributed by atoms with van der Waals surface area (Å²) in [5.74, 6) is -0.409. The number of hydrogen-bond acceptors (Lipinski definition) is 7. The van der Waals surface area contributed by atoms with Gasteiger partial charge in [-0.2, -0.15) is 0 Å². The maximum atomic E-state index is 11.8. The van der Waals surface area contributed by atoms with Gasteiger partial charge < -0.3 is 4.74 Å². The largest absolute Gasteiger partial charge is 0.462 e. The fourth-order valence-electron chi connectivity index (χ4n) is 2.06. The molecule has 0 saturated carbocycles. The lowest BCUT2D eigenvalue weighted by Crippen LogP contribution is -2.11. The van der Waals surface area contributed by atoms with Crippen LogP contribution in [0, 0.1) is 0 Å². The summed E-state index contributed by atoms with van der Waals surface area (Å²) in [5, 5.41) is 5.09. The number of primary sulfonamides is 1. The topological polar surface area (TPSA) is 112 Å². The van der Waals surface area contributed by atoms with Crippen LogP contribution in [-0.4, -0.2) is 31.0 Å². The number of nitrogens with two attached hydrogens (primary N) is 1. The molecule has 0 saturated heterocycles. The number of fused-ring (bicyclic) bond motifs is 1. The highest BCUT2D eigenvalue weighted by atomic mass is 32.2. The van der Waals surface area contributed by atoms with Crippen LogP contribution in [0.5, 0.6) is 0 Å². The molecule has 0 fully saturated rings. The normalized spacial score (nSPS) is 11.5. The molecule has 0 radical (unpaired) electrons. The van der Waals surface area contributed by atoms with Crippen molar-refractivity contribution < 1.29 is 17.9 Å². The maximum Gasteiger partial charge on any atom is 0.338 e. The zero-order valence-electron chi connectivity index (χ0n) is 12.4. The summed E-state index contributed by atoms with van der Waals surface area (Å²) in [5.41, 5.74) is 1.93. The van der Waals surface area contributed by atoms with Crippen LogP contribution in [0.25, 0.3) is 10.2 Å². The molecule has 2 aromatic heterocycles. The Labute approximate surface area is 142 Å². The molecule has 1 aromatic carbocycles. The first-order valence-electron chi connectivity index (χ1n) is 6.93. The minimum Gasteiger partial charge on any atom is -0.462 e. The molecule has 24 heavy (non-hydrogen) atoms. The molecule has 3 rings (SSSR count). The van der Waals surface area contributed by atoms with Crippen molar-refractivity contribution >= 4 is 37.5 Å². The van der Waals surface area contributed by atoms with Crippen LogP contribution in [0.15, 0.2) is 47.1 Å². The van der Waals surface area contributed by atoms with Crippen molar-refractivity contribution in [2.24, 2.45) is 5.14 Å². The highest BCUT2D eigenvalue weighted by Crippen LogP contribution is 2.25. The number of ether oxygens (including phenoxy) is 1. The molecule has 0 aliphatic rings. The number of benzene rings is 1. The Kier molecular flexibility index (Phi) is 4.56. The summed E-state index contributed by atoms with van der Waals surface area (Å²) in [6, 6.07) is 8.53. The third-order valence-corrected chi connectivity index (χ3v) is 5.55. The van der Waals surface area contributed by atoms with E-state index >= 15 is 0 Å². The fourth-order valence-corrected chi connectivity index (χ4v) is 3.78. The molecule has 3 aromatic rings. The molecule has 9 heteroatoms. The Morgan fingerprint density at radius 2 is 1.96 bits per heavy atom. The van der Waals surface area contributed by atoms with Gasteiger partial charge in [-0.05, 0) is 29.8 Å². The van der Waals surface area contributed by atoms with Gasteiger partial charge in [0.1, 0.15) is 0 Å². The highest BCUT2D eigenvalue weighted by molar-refractivity contribution is 7.91. The Balaban J connectivity index is 1.66. The van der Waals surface area contributed by atoms with Crippen LogP contribution in [0.1, 0.15) is 15.9 Å². The van der Waals surface area contributed by atoms with Crippen molar-refractivity contribution in [2.45, 2.75) is 10.8 Å². The van der Waals surface area contributed by atoms with Crippen LogP contribution in [-0.2, 0) is 21.2 Å². The van der Waals surface area contributed by atoms with Crippen molar-refractivity contribution in [2.75, 3.05) is 6.61 Å². The standard InChI is InChI=1S/C15H13N3O4S2/c16-24(20,21)15-18-12-2-1-10(9-13(12)23-15)5-8-22-14(19)11-3-6-17-7-4-11/h1-4,6-7,9H,5,8H2,(H2,16,20,21). The second kappa shape index (κ2) is 6.63. The summed E-state index contributed by atoms with van der Waals surface area (Å²) >= 11 is 1.02. The molecular formula is C15H13N3O4S2. The van der Waals surface area contributed by atoms with Crippen LogP contribution in [0.4, 0.5) is 0 Å². The van der Waals surface area contributed by atoms with E-state index in [4.69, 9.17) is 9.88 Å². The van der Waals surface area contributed by atoms with Gasteiger partial charge in [0.15, 0.2) is 0 Å². The van der Waals surface area contributed by atoms with Gasteiger partial charge in [0.05, 0.1) is 22.4 Å². The number of sulfonamides is 1. The first kappa shape index (κ1) is 16.5. The van der Waals surface area contributed by atoms with Crippen molar-refractivity contribution in [1.29, 1.82) is 0 Å². The molecule has 0 amide bonds. The van der Waals surface area contributed by atoms with Gasteiger partial charge in [0.25, 0.3) is 10.0 Å². The molecule has 0 bridgehead atoms. The maximum absolute atomic E-state index is 11.8. The molecule has 0 aliphatic heterocycles. The minimum atomic E-state index is -3.80. The second-order valence-electron chi connectivity index (χ2n) is 4.95. The lowest BCUT2D eigenvalue weighted by Gasteiger charge is -2.04. The molecule has 7 nitrogen and oxygen atoms in total. The van der Waals surface area contributed by atoms with E-state index in [9.17, 15) is 13.2 Å². The average molecular weight is 363 g/mol. The third-order valence-electron chi connectivity index (χ3n) is 3.22. The number of thiazole rings is 1. The molecule has 0 aliphatic carbocycles. The summed E-state index contributed by atoms with van der Waals surface area (Å²) in [6.07, 6.45) is 3.56. The van der Waals surface area contributed by atoms with E-state index in [0.29, 0.717) is 17.5 Å². The number of aromatic nitrogens is 2. The number of nitrogens with zero attached hydrogens (tertiary/aromatic N) is 2. The number of carbonyl (C=O) groups is 1. The zero-order chi connectivity index (χ0) is 17.2. The molecule has 0 unspecified atom stereocenters. The number of pyridine rings is 1. The van der Waals surface area contributed by atoms with E-state index in [1.54, 1.807) is 18.2 Å². The Morgan fingerprint density at radius 3 is 2.67 bits per heavy atom. The van der Waals surface area contributed by atoms with Gasteiger partial charge in [-0.1, -0.05) is 6.07 Å². The van der Waals surface area contributed by atoms with E-state index in [2.05, 4.69) is 9.97 Å². The van der Waals surface area contributed by atoms with E-state index in [-0.39, 0.29) is 10.9 Å². The quantitative estimate of drug-likeness (QED) is 0.691. The summed E-state index contributed by atoms with van der Waals surface area (Å²) < 4.78 is 28.5. The lowest BCUT2D eigenvalue weighted by molar-refractivity contribution is 0.0509. The van der Waals surface area contributed by atoms with Gasteiger partial charge in [0, 0.05) is 18.8 Å². The van der Waals surface area contributed by atoms with Gasteiger partial charge in [0.2, 0.25) is 4.34 Å². The minimum absolute atomic E-state index is 0.112. The molecule has 2 heterocycles. The van der Waals surface area contributed by atoms with Gasteiger partial charge in [-0.3, -0.25) is 4.98 Å². The number of esters is 1. The molecule has 2 N–H and O–H groups in total. The van der Waals surface area contributed by atoms with Crippen molar-refractivity contribution in [3.05, 3.63) is 53.9 Å². The molecule has 124 valence electrons. The summed E-state index contributed by atoms with van der Waals surface area (Å²) in [7, 11) is -3.80. The fraction of sp³-hybridized carbons (Fsp3) is 0.133. The summed E-state index contributed by atoms with van der Waals surface area (Å²) in [4.78, 5) is 19.6. The van der Waals surface area contributed by atoms with Crippen LogP contribution < -0.4 is 5.14 Å². The van der Waals surface area contributed by atoms with E-state index in [0.717, 1.165) is 21.6 Å². The number of hydrogen-bond donors (Lipinski definition) is 1. The Morgan fingerprint density at radius 1 is 1.21 bits per heavy atom. The monoisotopic (exact) mass is 363 g/mol. The van der Waals surface area contributed by atoms with E-state index < -0.39 is 16.0 Å². The van der Waals surface area contributed by atoms with Crippen molar-refractivity contribution in [1.82, 2.24) is 9.97 Å². The van der Waals surface area contributed by atoms with Crippen LogP contribution in [0.3, 0.4) is 0 Å². The second-order valence-corrected chi connectivity index (χ2v) is 7.71. The zero-order valence-corrected chi connectivity index (χ0v) is 14.0. The predicted molar refractivity (Wildman–Crippen MR) is 89.2 cm³/mol. The lowest BCUT2D eigenvalue weighted by atomic mass is 10.1.